The molecule has 0 radical (unpaired) electrons. The lowest BCUT2D eigenvalue weighted by Crippen LogP contribution is -2.38. The molecule has 1 aromatic heterocycles. The van der Waals surface area contributed by atoms with Gasteiger partial charge in [0.1, 0.15) is 11.5 Å². The summed E-state index contributed by atoms with van der Waals surface area (Å²) >= 11 is 1.47. The van der Waals surface area contributed by atoms with Gasteiger partial charge in [-0.05, 0) is 30.0 Å². The molecule has 0 bridgehead atoms. The Morgan fingerprint density at radius 2 is 2.00 bits per heavy atom. The fraction of sp³-hybridized carbons (Fsp3) is 0.391. The summed E-state index contributed by atoms with van der Waals surface area (Å²) in [7, 11) is 1.54. The Kier molecular flexibility index (Phi) is 6.70. The number of thiophene rings is 1. The van der Waals surface area contributed by atoms with Gasteiger partial charge in [-0.1, -0.05) is 18.2 Å². The van der Waals surface area contributed by atoms with Crippen molar-refractivity contribution in [3.05, 3.63) is 57.8 Å². The Morgan fingerprint density at radius 1 is 1.19 bits per heavy atom. The first kappa shape index (κ1) is 21.5. The maximum atomic E-state index is 13.0. The van der Waals surface area contributed by atoms with E-state index in [0.29, 0.717) is 17.9 Å². The summed E-state index contributed by atoms with van der Waals surface area (Å²) in [5, 5.41) is 13.0. The predicted molar refractivity (Wildman–Crippen MR) is 118 cm³/mol. The molecule has 0 spiro atoms. The molecule has 0 aliphatic carbocycles. The lowest BCUT2D eigenvalue weighted by molar-refractivity contribution is -0.140. The normalized spacial score (nSPS) is 21.6. The van der Waals surface area contributed by atoms with Crippen molar-refractivity contribution in [1.29, 1.82) is 0 Å². The number of likely N-dealkylation sites (tertiary alicyclic amines) is 1. The molecule has 1 amide bonds. The molecular weight excluding hydrogens is 416 g/mol. The minimum atomic E-state index is -0.648. The number of morpholine rings is 1. The summed E-state index contributed by atoms with van der Waals surface area (Å²) in [6, 6.07) is 10.1. The standard InChI is InChI=1S/C23H26N2O5S/c1-29-17-6-2-5-16(15-17)21(26)19-20(18-7-3-14-31-18)25(23(28)22(19)27)9-4-8-24-10-12-30-13-11-24/h2-3,5-7,14-15,20,26H,4,8-13H2,1H3/t20-/m0/s1. The fourth-order valence-corrected chi connectivity index (χ4v) is 4.91. The van der Waals surface area contributed by atoms with Gasteiger partial charge < -0.3 is 19.5 Å². The van der Waals surface area contributed by atoms with Gasteiger partial charge in [-0.15, -0.1) is 11.3 Å². The summed E-state index contributed by atoms with van der Waals surface area (Å²) in [5.74, 6) is -0.822. The van der Waals surface area contributed by atoms with Crippen LogP contribution < -0.4 is 4.74 Å². The van der Waals surface area contributed by atoms with Crippen molar-refractivity contribution in [2.75, 3.05) is 46.5 Å². The average molecular weight is 443 g/mol. The highest BCUT2D eigenvalue weighted by atomic mass is 32.1. The number of benzene rings is 1. The van der Waals surface area contributed by atoms with E-state index in [1.807, 2.05) is 17.5 Å². The predicted octanol–water partition coefficient (Wildman–Crippen LogP) is 2.90. The van der Waals surface area contributed by atoms with Gasteiger partial charge in [-0.25, -0.2) is 0 Å². The monoisotopic (exact) mass is 442 g/mol. The Balaban J connectivity index is 1.63. The van der Waals surface area contributed by atoms with Gasteiger partial charge >= 0.3 is 0 Å². The Labute approximate surface area is 185 Å². The molecule has 2 aromatic rings. The Hall–Kier alpha value is -2.68. The first-order chi connectivity index (χ1) is 15.1. The van der Waals surface area contributed by atoms with Crippen molar-refractivity contribution in [2.24, 2.45) is 0 Å². The molecule has 1 atom stereocenters. The van der Waals surface area contributed by atoms with E-state index in [9.17, 15) is 14.7 Å². The third-order valence-corrected chi connectivity index (χ3v) is 6.60. The van der Waals surface area contributed by atoms with Crippen LogP contribution in [0.1, 0.15) is 22.9 Å². The van der Waals surface area contributed by atoms with E-state index in [0.717, 1.165) is 44.1 Å². The largest absolute Gasteiger partial charge is 0.507 e. The molecule has 8 heteroatoms. The van der Waals surface area contributed by atoms with Crippen LogP contribution in [0.4, 0.5) is 0 Å². The van der Waals surface area contributed by atoms with E-state index < -0.39 is 17.7 Å². The van der Waals surface area contributed by atoms with Crippen LogP contribution >= 0.6 is 11.3 Å². The number of amides is 1. The van der Waals surface area contributed by atoms with Crippen LogP contribution in [0.15, 0.2) is 47.4 Å². The topological polar surface area (TPSA) is 79.3 Å². The first-order valence-corrected chi connectivity index (χ1v) is 11.2. The lowest BCUT2D eigenvalue weighted by Gasteiger charge is -2.28. The summed E-state index contributed by atoms with van der Waals surface area (Å²) in [6.07, 6.45) is 0.744. The smallest absolute Gasteiger partial charge is 0.295 e. The van der Waals surface area contributed by atoms with Gasteiger partial charge in [-0.2, -0.15) is 0 Å². The van der Waals surface area contributed by atoms with Crippen molar-refractivity contribution >= 4 is 28.8 Å². The molecule has 4 rings (SSSR count). The van der Waals surface area contributed by atoms with E-state index >= 15 is 0 Å². The van der Waals surface area contributed by atoms with Gasteiger partial charge in [0.15, 0.2) is 0 Å². The van der Waals surface area contributed by atoms with E-state index in [2.05, 4.69) is 4.90 Å². The van der Waals surface area contributed by atoms with Crippen molar-refractivity contribution in [3.8, 4) is 5.75 Å². The molecule has 2 fully saturated rings. The molecule has 7 nitrogen and oxygen atoms in total. The minimum absolute atomic E-state index is 0.132. The van der Waals surface area contributed by atoms with Crippen molar-refractivity contribution in [2.45, 2.75) is 12.5 Å². The molecule has 2 aliphatic heterocycles. The number of hydrogen-bond acceptors (Lipinski definition) is 7. The summed E-state index contributed by atoms with van der Waals surface area (Å²) < 4.78 is 10.6. The molecule has 1 N–H and O–H groups in total. The molecule has 31 heavy (non-hydrogen) atoms. The number of carbonyl (C=O) groups excluding carboxylic acids is 2. The van der Waals surface area contributed by atoms with Gasteiger partial charge in [0.2, 0.25) is 0 Å². The van der Waals surface area contributed by atoms with Crippen LogP contribution in [0.2, 0.25) is 0 Å². The third kappa shape index (κ3) is 4.51. The van der Waals surface area contributed by atoms with Crippen LogP contribution in [-0.2, 0) is 14.3 Å². The van der Waals surface area contributed by atoms with Crippen LogP contribution in [0.3, 0.4) is 0 Å². The highest BCUT2D eigenvalue weighted by molar-refractivity contribution is 7.10. The number of carbonyl (C=O) groups is 2. The summed E-state index contributed by atoms with van der Waals surface area (Å²) in [6.45, 7) is 4.48. The second-order valence-electron chi connectivity index (χ2n) is 7.55. The minimum Gasteiger partial charge on any atom is -0.507 e. The maximum absolute atomic E-state index is 13.0. The highest BCUT2D eigenvalue weighted by Gasteiger charge is 2.46. The van der Waals surface area contributed by atoms with Gasteiger partial charge in [0.05, 0.1) is 31.9 Å². The quantitative estimate of drug-likeness (QED) is 0.404. The second-order valence-corrected chi connectivity index (χ2v) is 8.53. The van der Waals surface area contributed by atoms with E-state index in [4.69, 9.17) is 9.47 Å². The van der Waals surface area contributed by atoms with Gasteiger partial charge in [-0.3, -0.25) is 14.5 Å². The first-order valence-electron chi connectivity index (χ1n) is 10.4. The van der Waals surface area contributed by atoms with Gasteiger partial charge in [0, 0.05) is 36.6 Å². The van der Waals surface area contributed by atoms with E-state index in [1.54, 1.807) is 29.2 Å². The Bertz CT molecular complexity index is 966. The van der Waals surface area contributed by atoms with Crippen LogP contribution in [0, 0.1) is 0 Å². The van der Waals surface area contributed by atoms with Gasteiger partial charge in [0.25, 0.3) is 11.7 Å². The number of rotatable bonds is 7. The van der Waals surface area contributed by atoms with E-state index in [1.165, 1.54) is 18.4 Å². The van der Waals surface area contributed by atoms with Crippen molar-refractivity contribution < 1.29 is 24.2 Å². The third-order valence-electron chi connectivity index (χ3n) is 5.67. The number of ether oxygens (including phenoxy) is 2. The number of hydrogen-bond donors (Lipinski definition) is 1. The molecule has 1 aromatic carbocycles. The lowest BCUT2D eigenvalue weighted by atomic mass is 9.99. The summed E-state index contributed by atoms with van der Waals surface area (Å²) in [5.41, 5.74) is 0.583. The number of methoxy groups -OCH3 is 1. The molecule has 2 saturated heterocycles. The number of Topliss-reactive ketones (excluding diaryl/α,β-unsaturated/α-hetero) is 1. The zero-order valence-electron chi connectivity index (χ0n) is 17.5. The zero-order valence-corrected chi connectivity index (χ0v) is 18.3. The number of nitrogens with zero attached hydrogens (tertiary/aromatic N) is 2. The highest BCUT2D eigenvalue weighted by Crippen LogP contribution is 2.41. The zero-order chi connectivity index (χ0) is 21.8. The van der Waals surface area contributed by atoms with E-state index in [-0.39, 0.29) is 11.3 Å². The van der Waals surface area contributed by atoms with Crippen LogP contribution in [-0.4, -0.2) is 73.1 Å². The van der Waals surface area contributed by atoms with Crippen LogP contribution in [0.5, 0.6) is 5.75 Å². The van der Waals surface area contributed by atoms with Crippen molar-refractivity contribution in [3.63, 3.8) is 0 Å². The number of aliphatic hydroxyl groups is 1. The molecule has 0 unspecified atom stereocenters. The molecule has 164 valence electrons. The molecular formula is C23H26N2O5S. The van der Waals surface area contributed by atoms with Crippen molar-refractivity contribution in [1.82, 2.24) is 9.80 Å². The fourth-order valence-electron chi connectivity index (χ4n) is 4.07. The number of aliphatic hydroxyl groups excluding tert-OH is 1. The maximum Gasteiger partial charge on any atom is 0.295 e. The number of ketones is 1. The van der Waals surface area contributed by atoms with Crippen LogP contribution in [0.25, 0.3) is 5.76 Å². The molecule has 2 aliphatic rings. The molecule has 0 saturated carbocycles. The second kappa shape index (κ2) is 9.64. The SMILES string of the molecule is COc1cccc(C(O)=C2C(=O)C(=O)N(CCCN3CCOCC3)[C@H]2c2cccs2)c1. The average Bonchev–Trinajstić information content (AvgIpc) is 3.42. The Morgan fingerprint density at radius 3 is 2.71 bits per heavy atom. The summed E-state index contributed by atoms with van der Waals surface area (Å²) in [4.78, 5) is 30.7. The molecule has 3 heterocycles.